The largest absolute Gasteiger partial charge is 0.403 e. The van der Waals surface area contributed by atoms with Gasteiger partial charge >= 0.3 is 6.18 Å². The van der Waals surface area contributed by atoms with Crippen molar-refractivity contribution in [2.24, 2.45) is 4.99 Å². The highest BCUT2D eigenvalue weighted by molar-refractivity contribution is 5.79. The molecule has 0 bridgehead atoms. The lowest BCUT2D eigenvalue weighted by Crippen LogP contribution is -2.56. The van der Waals surface area contributed by atoms with Crippen molar-refractivity contribution in [3.63, 3.8) is 0 Å². The molecule has 27 heavy (non-hydrogen) atoms. The molecule has 1 unspecified atom stereocenters. The molecule has 1 aromatic rings. The van der Waals surface area contributed by atoms with E-state index in [2.05, 4.69) is 20.4 Å². The van der Waals surface area contributed by atoms with Crippen molar-refractivity contribution in [3.8, 4) is 0 Å². The minimum Gasteiger partial charge on any atom is -0.356 e. The lowest BCUT2D eigenvalue weighted by atomic mass is 10.2. The van der Waals surface area contributed by atoms with Crippen molar-refractivity contribution in [2.45, 2.75) is 51.7 Å². The minimum absolute atomic E-state index is 0.234. The van der Waals surface area contributed by atoms with E-state index in [1.54, 1.807) is 7.05 Å². The number of nitrogens with one attached hydrogen (secondary N) is 1. The Labute approximate surface area is 158 Å². The summed E-state index contributed by atoms with van der Waals surface area (Å²) >= 11 is 0. The number of guanidine groups is 1. The Hall–Kier alpha value is -1.84. The number of aryl methyl sites for hydroxylation is 1. The molecule has 1 aliphatic heterocycles. The van der Waals surface area contributed by atoms with E-state index in [0.29, 0.717) is 56.8 Å². The highest BCUT2D eigenvalue weighted by atomic mass is 19.4. The van der Waals surface area contributed by atoms with Gasteiger partial charge in [-0.25, -0.2) is 0 Å². The second kappa shape index (κ2) is 9.38. The molecule has 2 rings (SSSR count). The van der Waals surface area contributed by atoms with E-state index in [1.165, 1.54) is 11.8 Å². The Morgan fingerprint density at radius 2 is 1.89 bits per heavy atom. The molecule has 1 aliphatic rings. The quantitative estimate of drug-likeness (QED) is 0.457. The van der Waals surface area contributed by atoms with Crippen LogP contribution in [0, 0.1) is 0 Å². The summed E-state index contributed by atoms with van der Waals surface area (Å²) in [5, 5.41) is 7.19. The number of aliphatic imine (C=N–C) groups is 1. The zero-order valence-corrected chi connectivity index (χ0v) is 16.4. The molecular formula is C17H29F3N6O. The normalized spacial score (nSPS) is 18.2. The number of hydrogen-bond donors (Lipinski definition) is 1. The van der Waals surface area contributed by atoms with Crippen LogP contribution < -0.4 is 5.32 Å². The van der Waals surface area contributed by atoms with Crippen molar-refractivity contribution >= 4 is 5.96 Å². The summed E-state index contributed by atoms with van der Waals surface area (Å²) in [6, 6.07) is -1.42. The van der Waals surface area contributed by atoms with Gasteiger partial charge in [-0.15, -0.1) is 0 Å². The summed E-state index contributed by atoms with van der Waals surface area (Å²) in [6.07, 6.45) is -2.73. The van der Waals surface area contributed by atoms with Gasteiger partial charge in [0.15, 0.2) is 11.8 Å². The van der Waals surface area contributed by atoms with Gasteiger partial charge in [-0.3, -0.25) is 9.89 Å². The van der Waals surface area contributed by atoms with Crippen molar-refractivity contribution in [1.29, 1.82) is 0 Å². The Kier molecular flexibility index (Phi) is 7.46. The van der Waals surface area contributed by atoms with E-state index in [9.17, 15) is 13.2 Å². The van der Waals surface area contributed by atoms with Gasteiger partial charge in [-0.2, -0.15) is 18.2 Å². The molecule has 1 N–H and O–H groups in total. The molecule has 0 aliphatic carbocycles. The fraction of sp³-hybridized carbons (Fsp3) is 0.824. The molecule has 1 fully saturated rings. The molecule has 1 atom stereocenters. The Morgan fingerprint density at radius 3 is 2.41 bits per heavy atom. The standard InChI is InChI=1S/C17H29F3N6O/c1-12(2)15-23-14(27-24-15)6-5-7-22-16(21-4)26-10-8-25(9-11-26)13(3)17(18,19)20/h12-13H,5-11H2,1-4H3,(H,21,22). The topological polar surface area (TPSA) is 69.8 Å². The van der Waals surface area contributed by atoms with Crippen LogP contribution in [0.3, 0.4) is 0 Å². The van der Waals surface area contributed by atoms with E-state index in [4.69, 9.17) is 4.52 Å². The van der Waals surface area contributed by atoms with E-state index < -0.39 is 12.2 Å². The second-order valence-electron chi connectivity index (χ2n) is 7.02. The molecule has 7 nitrogen and oxygen atoms in total. The van der Waals surface area contributed by atoms with Crippen LogP contribution in [-0.2, 0) is 6.42 Å². The third kappa shape index (κ3) is 6.08. The number of hydrogen-bond acceptors (Lipinski definition) is 5. The maximum atomic E-state index is 12.8. The van der Waals surface area contributed by atoms with E-state index in [0.717, 1.165) is 6.42 Å². The Balaban J connectivity index is 1.73. The lowest BCUT2D eigenvalue weighted by Gasteiger charge is -2.39. The molecule has 10 heteroatoms. The number of piperazine rings is 1. The Bertz CT molecular complexity index is 608. The van der Waals surface area contributed by atoms with Crippen LogP contribution >= 0.6 is 0 Å². The summed E-state index contributed by atoms with van der Waals surface area (Å²) in [4.78, 5) is 12.0. The molecule has 0 amide bonds. The van der Waals surface area contributed by atoms with Gasteiger partial charge in [0.05, 0.1) is 0 Å². The first-order valence-corrected chi connectivity index (χ1v) is 9.31. The molecule has 0 radical (unpaired) electrons. The van der Waals surface area contributed by atoms with Crippen LogP contribution in [0.1, 0.15) is 44.8 Å². The van der Waals surface area contributed by atoms with Gasteiger partial charge in [-0.05, 0) is 13.3 Å². The van der Waals surface area contributed by atoms with Gasteiger partial charge in [0.2, 0.25) is 5.89 Å². The minimum atomic E-state index is -4.19. The number of aromatic nitrogens is 2. The predicted molar refractivity (Wildman–Crippen MR) is 96.7 cm³/mol. The highest BCUT2D eigenvalue weighted by Gasteiger charge is 2.41. The number of alkyl halides is 3. The van der Waals surface area contributed by atoms with Gasteiger partial charge in [0.25, 0.3) is 0 Å². The maximum absolute atomic E-state index is 12.8. The average molecular weight is 390 g/mol. The van der Waals surface area contributed by atoms with Crippen LogP contribution in [0.25, 0.3) is 0 Å². The van der Waals surface area contributed by atoms with Crippen molar-refractivity contribution < 1.29 is 17.7 Å². The van der Waals surface area contributed by atoms with E-state index >= 15 is 0 Å². The van der Waals surface area contributed by atoms with Crippen LogP contribution in [0.5, 0.6) is 0 Å². The third-order valence-electron chi connectivity index (χ3n) is 4.70. The monoisotopic (exact) mass is 390 g/mol. The number of rotatable bonds is 6. The second-order valence-corrected chi connectivity index (χ2v) is 7.02. The molecule has 0 spiro atoms. The fourth-order valence-electron chi connectivity index (χ4n) is 2.90. The molecule has 1 saturated heterocycles. The number of halogens is 3. The summed E-state index contributed by atoms with van der Waals surface area (Å²) in [5.74, 6) is 2.27. The number of nitrogens with zero attached hydrogens (tertiary/aromatic N) is 5. The summed E-state index contributed by atoms with van der Waals surface area (Å²) in [7, 11) is 1.68. The molecular weight excluding hydrogens is 361 g/mol. The first kappa shape index (κ1) is 21.5. The van der Waals surface area contributed by atoms with Gasteiger partial charge in [0.1, 0.15) is 6.04 Å². The smallest absolute Gasteiger partial charge is 0.356 e. The summed E-state index contributed by atoms with van der Waals surface area (Å²) in [6.45, 7) is 7.66. The van der Waals surface area contributed by atoms with Crippen LogP contribution in [0.15, 0.2) is 9.52 Å². The van der Waals surface area contributed by atoms with Crippen molar-refractivity contribution in [1.82, 2.24) is 25.3 Å². The predicted octanol–water partition coefficient (Wildman–Crippen LogP) is 2.27. The van der Waals surface area contributed by atoms with E-state index in [1.807, 2.05) is 18.7 Å². The highest BCUT2D eigenvalue weighted by Crippen LogP contribution is 2.25. The SMILES string of the molecule is CN=C(NCCCc1nc(C(C)C)no1)N1CCN(C(C)C(F)(F)F)CC1. The molecule has 0 aromatic carbocycles. The lowest BCUT2D eigenvalue weighted by molar-refractivity contribution is -0.181. The first-order chi connectivity index (χ1) is 12.7. The average Bonchev–Trinajstić information content (AvgIpc) is 3.10. The Morgan fingerprint density at radius 1 is 1.22 bits per heavy atom. The third-order valence-corrected chi connectivity index (χ3v) is 4.70. The molecule has 154 valence electrons. The fourth-order valence-corrected chi connectivity index (χ4v) is 2.90. The van der Waals surface area contributed by atoms with Crippen molar-refractivity contribution in [3.05, 3.63) is 11.7 Å². The van der Waals surface area contributed by atoms with Gasteiger partial charge in [0, 0.05) is 52.1 Å². The zero-order valence-electron chi connectivity index (χ0n) is 16.4. The molecule has 0 saturated carbocycles. The van der Waals surface area contributed by atoms with Crippen LogP contribution in [-0.4, -0.2) is 77.9 Å². The van der Waals surface area contributed by atoms with Gasteiger partial charge < -0.3 is 14.7 Å². The van der Waals surface area contributed by atoms with E-state index in [-0.39, 0.29) is 5.92 Å². The first-order valence-electron chi connectivity index (χ1n) is 9.31. The van der Waals surface area contributed by atoms with Crippen molar-refractivity contribution in [2.75, 3.05) is 39.8 Å². The maximum Gasteiger partial charge on any atom is 0.403 e. The van der Waals surface area contributed by atoms with Gasteiger partial charge in [-0.1, -0.05) is 19.0 Å². The van der Waals surface area contributed by atoms with Crippen LogP contribution in [0.2, 0.25) is 0 Å². The molecule has 2 heterocycles. The summed E-state index contributed by atoms with van der Waals surface area (Å²) in [5.41, 5.74) is 0. The molecule has 1 aromatic heterocycles. The zero-order chi connectivity index (χ0) is 20.0. The summed E-state index contributed by atoms with van der Waals surface area (Å²) < 4.78 is 43.7. The van der Waals surface area contributed by atoms with Crippen LogP contribution in [0.4, 0.5) is 13.2 Å².